The number of piperidine rings is 1. The molecule has 35 heavy (non-hydrogen) atoms. The Hall–Kier alpha value is -3.51. The maximum atomic E-state index is 12.4. The van der Waals surface area contributed by atoms with Crippen LogP contribution in [0.3, 0.4) is 0 Å². The molecule has 0 radical (unpaired) electrons. The third-order valence-electron chi connectivity index (χ3n) is 6.73. The van der Waals surface area contributed by atoms with Gasteiger partial charge in [0.05, 0.1) is 21.3 Å². The first-order valence-electron chi connectivity index (χ1n) is 12.0. The number of amides is 1. The number of rotatable bonds is 9. The summed E-state index contributed by atoms with van der Waals surface area (Å²) in [6.07, 6.45) is 2.26. The van der Waals surface area contributed by atoms with Crippen molar-refractivity contribution in [1.82, 2.24) is 10.2 Å². The van der Waals surface area contributed by atoms with E-state index in [-0.39, 0.29) is 5.91 Å². The van der Waals surface area contributed by atoms with Gasteiger partial charge in [-0.15, -0.1) is 0 Å². The van der Waals surface area contributed by atoms with Crippen molar-refractivity contribution in [2.24, 2.45) is 0 Å². The Kier molecular flexibility index (Phi) is 8.27. The van der Waals surface area contributed by atoms with E-state index in [2.05, 4.69) is 40.5 Å². The minimum Gasteiger partial charge on any atom is -0.497 e. The molecule has 1 saturated heterocycles. The fourth-order valence-corrected chi connectivity index (χ4v) is 4.58. The Morgan fingerprint density at radius 3 is 2.14 bits per heavy atom. The summed E-state index contributed by atoms with van der Waals surface area (Å²) >= 11 is 0. The lowest BCUT2D eigenvalue weighted by Crippen LogP contribution is -2.32. The van der Waals surface area contributed by atoms with Gasteiger partial charge in [-0.2, -0.15) is 0 Å². The molecule has 4 rings (SSSR count). The second-order valence-corrected chi connectivity index (χ2v) is 8.88. The van der Waals surface area contributed by atoms with Gasteiger partial charge in [0, 0.05) is 30.3 Å². The van der Waals surface area contributed by atoms with Crippen molar-refractivity contribution < 1.29 is 19.0 Å². The van der Waals surface area contributed by atoms with E-state index in [1.54, 1.807) is 45.6 Å². The zero-order chi connectivity index (χ0) is 24.6. The molecule has 6 heteroatoms. The standard InChI is InChI=1S/C29H34N2O4/c1-33-26-11-8-24(9-12-26)29(32)30-19-21-4-6-22(7-5-21)23-14-16-31(17-15-23)20-25-10-13-27(34-2)18-28(25)35-3/h4-13,18,23H,14-17,19-20H2,1-3H3,(H,30,32). The maximum absolute atomic E-state index is 12.4. The van der Waals surface area contributed by atoms with Crippen LogP contribution in [0.15, 0.2) is 66.7 Å². The Bertz CT molecular complexity index is 1100. The zero-order valence-electron chi connectivity index (χ0n) is 20.8. The smallest absolute Gasteiger partial charge is 0.251 e. The van der Waals surface area contributed by atoms with Gasteiger partial charge in [-0.3, -0.25) is 9.69 Å². The van der Waals surface area contributed by atoms with Crippen LogP contribution in [0.25, 0.3) is 0 Å². The van der Waals surface area contributed by atoms with E-state index in [4.69, 9.17) is 14.2 Å². The first kappa shape index (κ1) is 24.6. The number of ether oxygens (including phenoxy) is 3. The number of hydrogen-bond donors (Lipinski definition) is 1. The predicted octanol–water partition coefficient (Wildman–Crippen LogP) is 5.02. The highest BCUT2D eigenvalue weighted by atomic mass is 16.5. The molecule has 3 aromatic rings. The summed E-state index contributed by atoms with van der Waals surface area (Å²) in [5.41, 5.74) is 4.28. The van der Waals surface area contributed by atoms with E-state index in [0.717, 1.165) is 55.3 Å². The van der Waals surface area contributed by atoms with Crippen molar-refractivity contribution in [2.45, 2.75) is 31.8 Å². The number of hydrogen-bond acceptors (Lipinski definition) is 5. The molecule has 1 amide bonds. The first-order valence-corrected chi connectivity index (χ1v) is 12.0. The third-order valence-corrected chi connectivity index (χ3v) is 6.73. The van der Waals surface area contributed by atoms with Crippen molar-refractivity contribution in [3.8, 4) is 17.2 Å². The molecule has 0 aliphatic carbocycles. The lowest BCUT2D eigenvalue weighted by molar-refractivity contribution is 0.0951. The van der Waals surface area contributed by atoms with Gasteiger partial charge in [0.2, 0.25) is 0 Å². The van der Waals surface area contributed by atoms with Crippen LogP contribution in [0.5, 0.6) is 17.2 Å². The largest absolute Gasteiger partial charge is 0.497 e. The summed E-state index contributed by atoms with van der Waals surface area (Å²) in [4.78, 5) is 14.9. The second-order valence-electron chi connectivity index (χ2n) is 8.88. The van der Waals surface area contributed by atoms with Crippen LogP contribution in [0, 0.1) is 0 Å². The first-order chi connectivity index (χ1) is 17.1. The molecule has 1 aliphatic heterocycles. The summed E-state index contributed by atoms with van der Waals surface area (Å²) in [7, 11) is 4.99. The SMILES string of the molecule is COc1ccc(C(=O)NCc2ccc(C3CCN(Cc4ccc(OC)cc4OC)CC3)cc2)cc1. The number of likely N-dealkylation sites (tertiary alicyclic amines) is 1. The zero-order valence-corrected chi connectivity index (χ0v) is 20.8. The molecular weight excluding hydrogens is 440 g/mol. The van der Waals surface area contributed by atoms with Gasteiger partial charge in [0.1, 0.15) is 17.2 Å². The Labute approximate surface area is 207 Å². The van der Waals surface area contributed by atoms with Gasteiger partial charge in [0.15, 0.2) is 0 Å². The lowest BCUT2D eigenvalue weighted by atomic mass is 9.89. The van der Waals surface area contributed by atoms with Crippen LogP contribution in [0.1, 0.15) is 45.8 Å². The minimum atomic E-state index is -0.0856. The van der Waals surface area contributed by atoms with E-state index in [1.165, 1.54) is 11.1 Å². The maximum Gasteiger partial charge on any atom is 0.251 e. The quantitative estimate of drug-likeness (QED) is 0.472. The highest BCUT2D eigenvalue weighted by Crippen LogP contribution is 2.31. The molecule has 0 atom stereocenters. The molecule has 184 valence electrons. The lowest BCUT2D eigenvalue weighted by Gasteiger charge is -2.32. The Morgan fingerprint density at radius 1 is 0.857 bits per heavy atom. The normalized spacial score (nSPS) is 14.4. The minimum absolute atomic E-state index is 0.0856. The molecule has 0 spiro atoms. The van der Waals surface area contributed by atoms with E-state index in [0.29, 0.717) is 18.0 Å². The highest BCUT2D eigenvalue weighted by Gasteiger charge is 2.21. The third kappa shape index (κ3) is 6.34. The highest BCUT2D eigenvalue weighted by molar-refractivity contribution is 5.94. The molecule has 1 N–H and O–H groups in total. The Morgan fingerprint density at radius 2 is 1.51 bits per heavy atom. The number of carbonyl (C=O) groups excluding carboxylic acids is 1. The molecule has 3 aromatic carbocycles. The molecule has 0 saturated carbocycles. The topological polar surface area (TPSA) is 60.0 Å². The van der Waals surface area contributed by atoms with Crippen molar-refractivity contribution in [2.75, 3.05) is 34.4 Å². The molecule has 0 aromatic heterocycles. The molecule has 6 nitrogen and oxygen atoms in total. The number of benzene rings is 3. The van der Waals surface area contributed by atoms with Crippen molar-refractivity contribution in [3.63, 3.8) is 0 Å². The molecule has 1 fully saturated rings. The van der Waals surface area contributed by atoms with Crippen molar-refractivity contribution >= 4 is 5.91 Å². The van der Waals surface area contributed by atoms with Crippen LogP contribution in [-0.4, -0.2) is 45.2 Å². The van der Waals surface area contributed by atoms with Crippen LogP contribution < -0.4 is 19.5 Å². The fraction of sp³-hybridized carbons (Fsp3) is 0.345. The molecule has 1 heterocycles. The summed E-state index contributed by atoms with van der Waals surface area (Å²) in [5.74, 6) is 2.90. The van der Waals surface area contributed by atoms with Crippen LogP contribution in [0.4, 0.5) is 0 Å². The summed E-state index contributed by atoms with van der Waals surface area (Å²) in [6.45, 7) is 3.50. The summed E-state index contributed by atoms with van der Waals surface area (Å²) in [5, 5.41) is 2.99. The Balaban J connectivity index is 1.26. The van der Waals surface area contributed by atoms with Gasteiger partial charge >= 0.3 is 0 Å². The van der Waals surface area contributed by atoms with Crippen molar-refractivity contribution in [1.29, 1.82) is 0 Å². The predicted molar refractivity (Wildman–Crippen MR) is 137 cm³/mol. The number of nitrogens with zero attached hydrogens (tertiary/aromatic N) is 1. The van der Waals surface area contributed by atoms with Gasteiger partial charge in [-0.1, -0.05) is 30.3 Å². The van der Waals surface area contributed by atoms with Crippen LogP contribution in [0.2, 0.25) is 0 Å². The van der Waals surface area contributed by atoms with Gasteiger partial charge in [-0.05, 0) is 73.3 Å². The van der Waals surface area contributed by atoms with Crippen LogP contribution >= 0.6 is 0 Å². The van der Waals surface area contributed by atoms with Gasteiger partial charge in [-0.25, -0.2) is 0 Å². The molecule has 0 unspecified atom stereocenters. The molecule has 0 bridgehead atoms. The summed E-state index contributed by atoms with van der Waals surface area (Å²) < 4.78 is 16.0. The number of nitrogens with one attached hydrogen (secondary N) is 1. The number of methoxy groups -OCH3 is 3. The van der Waals surface area contributed by atoms with Crippen molar-refractivity contribution in [3.05, 3.63) is 89.0 Å². The second kappa shape index (κ2) is 11.8. The number of carbonyl (C=O) groups is 1. The molecule has 1 aliphatic rings. The average Bonchev–Trinajstić information content (AvgIpc) is 2.92. The monoisotopic (exact) mass is 474 g/mol. The average molecular weight is 475 g/mol. The van der Waals surface area contributed by atoms with E-state index in [1.807, 2.05) is 12.1 Å². The fourth-order valence-electron chi connectivity index (χ4n) is 4.58. The van der Waals surface area contributed by atoms with E-state index < -0.39 is 0 Å². The van der Waals surface area contributed by atoms with Crippen LogP contribution in [-0.2, 0) is 13.1 Å². The van der Waals surface area contributed by atoms with E-state index in [9.17, 15) is 4.79 Å². The molecular formula is C29H34N2O4. The summed E-state index contributed by atoms with van der Waals surface area (Å²) in [6, 6.07) is 21.8. The van der Waals surface area contributed by atoms with E-state index >= 15 is 0 Å². The van der Waals surface area contributed by atoms with Gasteiger partial charge in [0.25, 0.3) is 5.91 Å². The van der Waals surface area contributed by atoms with Gasteiger partial charge < -0.3 is 19.5 Å².